The zero-order chi connectivity index (χ0) is 9.90. The van der Waals surface area contributed by atoms with Crippen LogP contribution in [-0.4, -0.2) is 17.4 Å². The van der Waals surface area contributed by atoms with Crippen LogP contribution in [0.3, 0.4) is 0 Å². The Bertz CT molecular complexity index is 284. The van der Waals surface area contributed by atoms with Gasteiger partial charge in [0, 0.05) is 6.04 Å². The summed E-state index contributed by atoms with van der Waals surface area (Å²) in [4.78, 5) is 10.7. The van der Waals surface area contributed by atoms with Gasteiger partial charge in [-0.05, 0) is 12.5 Å². The van der Waals surface area contributed by atoms with Crippen molar-refractivity contribution in [1.82, 2.24) is 0 Å². The van der Waals surface area contributed by atoms with Crippen molar-refractivity contribution < 1.29 is 9.90 Å². The van der Waals surface area contributed by atoms with E-state index in [9.17, 15) is 9.90 Å². The van der Waals surface area contributed by atoms with E-state index in [1.165, 1.54) is 0 Å². The van der Waals surface area contributed by atoms with Gasteiger partial charge in [-0.15, -0.1) is 0 Å². The summed E-state index contributed by atoms with van der Waals surface area (Å²) in [5, 5.41) is 9.88. The summed E-state index contributed by atoms with van der Waals surface area (Å²) in [5.74, 6) is 0. The molecule has 0 amide bonds. The van der Waals surface area contributed by atoms with Crippen molar-refractivity contribution in [2.45, 2.75) is 18.6 Å². The van der Waals surface area contributed by atoms with Crippen molar-refractivity contribution in [2.75, 3.05) is 0 Å². The lowest BCUT2D eigenvalue weighted by molar-refractivity contribution is -0.126. The van der Waals surface area contributed by atoms with Crippen LogP contribution < -0.4 is 5.73 Å². The van der Waals surface area contributed by atoms with Gasteiger partial charge < -0.3 is 10.8 Å². The topological polar surface area (TPSA) is 63.3 Å². The molecular weight excluding hydrogens is 166 g/mol. The number of aldehydes is 1. The Labute approximate surface area is 77.2 Å². The molecule has 3 heteroatoms. The van der Waals surface area contributed by atoms with E-state index in [1.807, 2.05) is 6.07 Å². The molecule has 70 valence electrons. The summed E-state index contributed by atoms with van der Waals surface area (Å²) >= 11 is 0. The summed E-state index contributed by atoms with van der Waals surface area (Å²) in [6.07, 6.45) is 0.479. The normalized spacial score (nSPS) is 17.5. The molecule has 0 heterocycles. The zero-order valence-corrected chi connectivity index (χ0v) is 7.47. The minimum Gasteiger partial charge on any atom is -0.376 e. The fourth-order valence-corrected chi connectivity index (χ4v) is 1.14. The van der Waals surface area contributed by atoms with Gasteiger partial charge >= 0.3 is 0 Å². The molecule has 13 heavy (non-hydrogen) atoms. The number of nitrogens with two attached hydrogens (primary N) is 1. The lowest BCUT2D eigenvalue weighted by Gasteiger charge is -2.25. The molecule has 0 aliphatic rings. The fourth-order valence-electron chi connectivity index (χ4n) is 1.14. The van der Waals surface area contributed by atoms with Crippen LogP contribution in [0, 0.1) is 0 Å². The number of benzene rings is 1. The molecule has 0 aromatic heterocycles. The van der Waals surface area contributed by atoms with E-state index < -0.39 is 11.6 Å². The van der Waals surface area contributed by atoms with Crippen LogP contribution in [0.1, 0.15) is 12.5 Å². The quantitative estimate of drug-likeness (QED) is 0.661. The summed E-state index contributed by atoms with van der Waals surface area (Å²) in [5.41, 5.74) is 4.49. The van der Waals surface area contributed by atoms with Gasteiger partial charge in [0.15, 0.2) is 11.9 Å². The Kier molecular flexibility index (Phi) is 2.80. The highest BCUT2D eigenvalue weighted by atomic mass is 16.3. The second-order valence-electron chi connectivity index (χ2n) is 3.10. The first-order valence-corrected chi connectivity index (χ1v) is 4.11. The standard InChI is InChI=1S/C10H13NO2/c1-8(11)10(13,7-12)9-5-3-2-4-6-9/h2-8,13H,11H2,1H3/t8-,10-/m1/s1. The van der Waals surface area contributed by atoms with Gasteiger partial charge in [0.2, 0.25) is 0 Å². The van der Waals surface area contributed by atoms with Gasteiger partial charge in [0.1, 0.15) is 0 Å². The average molecular weight is 179 g/mol. The molecule has 3 nitrogen and oxygen atoms in total. The highest BCUT2D eigenvalue weighted by Crippen LogP contribution is 2.20. The molecule has 2 atom stereocenters. The van der Waals surface area contributed by atoms with Crippen molar-refractivity contribution >= 4 is 6.29 Å². The number of carbonyl (C=O) groups excluding carboxylic acids is 1. The number of aliphatic hydroxyl groups is 1. The van der Waals surface area contributed by atoms with Gasteiger partial charge in [-0.25, -0.2) is 0 Å². The van der Waals surface area contributed by atoms with E-state index in [0.29, 0.717) is 11.8 Å². The molecule has 0 bridgehead atoms. The first-order chi connectivity index (χ1) is 6.11. The minimum absolute atomic E-state index is 0.479. The Morgan fingerprint density at radius 2 is 2.00 bits per heavy atom. The van der Waals surface area contributed by atoms with Gasteiger partial charge in [0.05, 0.1) is 0 Å². The molecule has 0 fully saturated rings. The Morgan fingerprint density at radius 3 is 2.38 bits per heavy atom. The van der Waals surface area contributed by atoms with E-state index >= 15 is 0 Å². The maximum atomic E-state index is 10.7. The summed E-state index contributed by atoms with van der Waals surface area (Å²) in [6.45, 7) is 1.60. The summed E-state index contributed by atoms with van der Waals surface area (Å²) in [6, 6.07) is 8.07. The van der Waals surface area contributed by atoms with Crippen LogP contribution in [0.5, 0.6) is 0 Å². The van der Waals surface area contributed by atoms with Crippen LogP contribution in [0.15, 0.2) is 30.3 Å². The molecule has 0 spiro atoms. The van der Waals surface area contributed by atoms with Crippen LogP contribution >= 0.6 is 0 Å². The molecule has 0 radical (unpaired) electrons. The monoisotopic (exact) mass is 179 g/mol. The Balaban J connectivity index is 3.10. The lowest BCUT2D eigenvalue weighted by atomic mass is 9.89. The highest BCUT2D eigenvalue weighted by molar-refractivity contribution is 5.67. The molecule has 0 aliphatic heterocycles. The van der Waals surface area contributed by atoms with Gasteiger partial charge in [-0.2, -0.15) is 0 Å². The SMILES string of the molecule is C[C@@H](N)[C@](O)(C=O)c1ccccc1. The van der Waals surface area contributed by atoms with E-state index in [1.54, 1.807) is 31.2 Å². The first kappa shape index (κ1) is 9.89. The maximum absolute atomic E-state index is 10.7. The molecule has 0 aliphatic carbocycles. The third kappa shape index (κ3) is 1.76. The molecule has 3 N–H and O–H groups in total. The Hall–Kier alpha value is -1.19. The molecule has 1 rings (SSSR count). The second kappa shape index (κ2) is 3.68. The van der Waals surface area contributed by atoms with Crippen molar-refractivity contribution in [1.29, 1.82) is 0 Å². The van der Waals surface area contributed by atoms with Crippen LogP contribution in [0.4, 0.5) is 0 Å². The van der Waals surface area contributed by atoms with E-state index in [0.717, 1.165) is 0 Å². The second-order valence-corrected chi connectivity index (χ2v) is 3.10. The molecule has 0 saturated heterocycles. The number of rotatable bonds is 3. The molecule has 1 aromatic rings. The number of hydrogen-bond acceptors (Lipinski definition) is 3. The fraction of sp³-hybridized carbons (Fsp3) is 0.300. The molecule has 0 saturated carbocycles. The first-order valence-electron chi connectivity index (χ1n) is 4.11. The van der Waals surface area contributed by atoms with Crippen LogP contribution in [-0.2, 0) is 10.4 Å². The molecular formula is C10H13NO2. The van der Waals surface area contributed by atoms with Crippen molar-refractivity contribution in [3.63, 3.8) is 0 Å². The maximum Gasteiger partial charge on any atom is 0.159 e. The van der Waals surface area contributed by atoms with Crippen molar-refractivity contribution in [3.05, 3.63) is 35.9 Å². The van der Waals surface area contributed by atoms with E-state index in [-0.39, 0.29) is 0 Å². The number of carbonyl (C=O) groups is 1. The highest BCUT2D eigenvalue weighted by Gasteiger charge is 2.32. The summed E-state index contributed by atoms with van der Waals surface area (Å²) < 4.78 is 0. The Morgan fingerprint density at radius 1 is 1.46 bits per heavy atom. The van der Waals surface area contributed by atoms with E-state index in [4.69, 9.17) is 5.73 Å². The predicted molar refractivity (Wildman–Crippen MR) is 50.1 cm³/mol. The van der Waals surface area contributed by atoms with Gasteiger partial charge in [-0.1, -0.05) is 30.3 Å². The lowest BCUT2D eigenvalue weighted by Crippen LogP contribution is -2.44. The largest absolute Gasteiger partial charge is 0.376 e. The smallest absolute Gasteiger partial charge is 0.159 e. The zero-order valence-electron chi connectivity index (χ0n) is 7.47. The third-order valence-corrected chi connectivity index (χ3v) is 2.11. The van der Waals surface area contributed by atoms with Gasteiger partial charge in [0.25, 0.3) is 0 Å². The summed E-state index contributed by atoms with van der Waals surface area (Å²) in [7, 11) is 0. The van der Waals surface area contributed by atoms with E-state index in [2.05, 4.69) is 0 Å². The van der Waals surface area contributed by atoms with Crippen LogP contribution in [0.25, 0.3) is 0 Å². The molecule has 1 aromatic carbocycles. The minimum atomic E-state index is -1.57. The van der Waals surface area contributed by atoms with Gasteiger partial charge in [-0.3, -0.25) is 4.79 Å². The average Bonchev–Trinajstić information content (AvgIpc) is 2.17. The number of hydrogen-bond donors (Lipinski definition) is 2. The van der Waals surface area contributed by atoms with Crippen molar-refractivity contribution in [2.24, 2.45) is 5.73 Å². The van der Waals surface area contributed by atoms with Crippen LogP contribution in [0.2, 0.25) is 0 Å². The molecule has 0 unspecified atom stereocenters. The van der Waals surface area contributed by atoms with Crippen molar-refractivity contribution in [3.8, 4) is 0 Å². The third-order valence-electron chi connectivity index (χ3n) is 2.11. The predicted octanol–water partition coefficient (Wildman–Crippen LogP) is 0.420.